The average molecular weight is 238 g/mol. The third-order valence-corrected chi connectivity index (χ3v) is 4.57. The first-order valence-corrected chi connectivity index (χ1v) is 8.36. The number of hydrogen-bond acceptors (Lipinski definition) is 0. The van der Waals surface area contributed by atoms with Gasteiger partial charge in [0, 0.05) is 0 Å². The third-order valence-electron chi connectivity index (χ3n) is 4.57. The highest BCUT2D eigenvalue weighted by molar-refractivity contribution is 4.71. The highest BCUT2D eigenvalue weighted by Crippen LogP contribution is 2.33. The van der Waals surface area contributed by atoms with Crippen LogP contribution in [0.25, 0.3) is 0 Å². The molecule has 1 fully saturated rings. The Hall–Kier alpha value is 0. The Morgan fingerprint density at radius 1 is 0.706 bits per heavy atom. The van der Waals surface area contributed by atoms with Gasteiger partial charge in [-0.25, -0.2) is 0 Å². The van der Waals surface area contributed by atoms with Crippen LogP contribution in [0.4, 0.5) is 0 Å². The lowest BCUT2D eigenvalue weighted by atomic mass is 9.86. The number of unbranched alkanes of at least 4 members (excludes halogenated alkanes) is 4. The molecule has 1 aliphatic carbocycles. The fourth-order valence-corrected chi connectivity index (χ4v) is 3.46. The Labute approximate surface area is 110 Å². The van der Waals surface area contributed by atoms with Crippen LogP contribution in [0.2, 0.25) is 0 Å². The molecular weight excluding hydrogens is 204 g/mol. The van der Waals surface area contributed by atoms with E-state index in [0.29, 0.717) is 0 Å². The maximum absolute atomic E-state index is 2.32. The molecule has 0 aromatic rings. The second-order valence-electron chi connectivity index (χ2n) is 6.24. The van der Waals surface area contributed by atoms with Crippen LogP contribution in [0.5, 0.6) is 0 Å². The molecule has 0 nitrogen and oxygen atoms in total. The third kappa shape index (κ3) is 7.11. The first-order chi connectivity index (χ1) is 8.36. The van der Waals surface area contributed by atoms with Crippen molar-refractivity contribution < 1.29 is 0 Å². The summed E-state index contributed by atoms with van der Waals surface area (Å²) in [5.74, 6) is 2.16. The van der Waals surface area contributed by atoms with Gasteiger partial charge in [0.05, 0.1) is 0 Å². The first-order valence-electron chi connectivity index (χ1n) is 8.36. The summed E-state index contributed by atoms with van der Waals surface area (Å²) < 4.78 is 0. The summed E-state index contributed by atoms with van der Waals surface area (Å²) in [7, 11) is 0. The van der Waals surface area contributed by atoms with E-state index in [1.54, 1.807) is 6.42 Å². The summed E-state index contributed by atoms with van der Waals surface area (Å²) in [4.78, 5) is 0. The predicted molar refractivity (Wildman–Crippen MR) is 78.3 cm³/mol. The van der Waals surface area contributed by atoms with E-state index in [4.69, 9.17) is 0 Å². The van der Waals surface area contributed by atoms with Crippen molar-refractivity contribution in [1.82, 2.24) is 0 Å². The van der Waals surface area contributed by atoms with Crippen LogP contribution >= 0.6 is 0 Å². The lowest BCUT2D eigenvalue weighted by molar-refractivity contribution is 0.327. The van der Waals surface area contributed by atoms with Crippen LogP contribution in [0.1, 0.15) is 97.3 Å². The van der Waals surface area contributed by atoms with E-state index in [-0.39, 0.29) is 0 Å². The van der Waals surface area contributed by atoms with Gasteiger partial charge in [0.1, 0.15) is 0 Å². The topological polar surface area (TPSA) is 0 Å². The first kappa shape index (κ1) is 15.1. The van der Waals surface area contributed by atoms with Gasteiger partial charge >= 0.3 is 0 Å². The van der Waals surface area contributed by atoms with Crippen molar-refractivity contribution in [1.29, 1.82) is 0 Å². The zero-order valence-corrected chi connectivity index (χ0v) is 12.3. The molecule has 0 spiro atoms. The van der Waals surface area contributed by atoms with Gasteiger partial charge in [-0.1, -0.05) is 90.9 Å². The van der Waals surface area contributed by atoms with Crippen LogP contribution in [0, 0.1) is 11.8 Å². The van der Waals surface area contributed by atoms with E-state index in [2.05, 4.69) is 13.8 Å². The normalized spacial score (nSPS) is 25.8. The molecular formula is C17H34. The molecule has 0 amide bonds. The minimum Gasteiger partial charge on any atom is -0.0654 e. The monoisotopic (exact) mass is 238 g/mol. The fourth-order valence-electron chi connectivity index (χ4n) is 3.46. The molecule has 1 aliphatic rings. The van der Waals surface area contributed by atoms with Crippen LogP contribution < -0.4 is 0 Å². The number of rotatable bonds is 8. The molecule has 1 saturated carbocycles. The fraction of sp³-hybridized carbons (Fsp3) is 1.00. The van der Waals surface area contributed by atoms with Crippen LogP contribution in [0.15, 0.2) is 0 Å². The second kappa shape index (κ2) is 9.97. The quantitative estimate of drug-likeness (QED) is 0.342. The lowest BCUT2D eigenvalue weighted by Crippen LogP contribution is -2.06. The molecule has 1 rings (SSSR count). The molecule has 0 radical (unpaired) electrons. The van der Waals surface area contributed by atoms with Gasteiger partial charge in [0.15, 0.2) is 0 Å². The smallest absolute Gasteiger partial charge is 0.0412 e. The Morgan fingerprint density at radius 3 is 1.59 bits per heavy atom. The summed E-state index contributed by atoms with van der Waals surface area (Å²) >= 11 is 0. The SMILES string of the molecule is CCCCCC1CCCCC(CCCCC)C1. The maximum Gasteiger partial charge on any atom is -0.0412 e. The maximum atomic E-state index is 2.32. The summed E-state index contributed by atoms with van der Waals surface area (Å²) in [6.45, 7) is 4.64. The largest absolute Gasteiger partial charge is 0.0654 e. The van der Waals surface area contributed by atoms with E-state index < -0.39 is 0 Å². The molecule has 0 N–H and O–H groups in total. The van der Waals surface area contributed by atoms with E-state index in [1.807, 2.05) is 0 Å². The van der Waals surface area contributed by atoms with Crippen molar-refractivity contribution >= 4 is 0 Å². The van der Waals surface area contributed by atoms with Gasteiger partial charge in [-0.05, 0) is 18.3 Å². The Bertz CT molecular complexity index is 143. The summed E-state index contributed by atoms with van der Waals surface area (Å²) in [5, 5.41) is 0. The lowest BCUT2D eigenvalue weighted by Gasteiger charge is -2.19. The van der Waals surface area contributed by atoms with Gasteiger partial charge in [0.25, 0.3) is 0 Å². The Balaban J connectivity index is 2.19. The van der Waals surface area contributed by atoms with E-state index in [9.17, 15) is 0 Å². The highest BCUT2D eigenvalue weighted by Gasteiger charge is 2.19. The Kier molecular flexibility index (Phi) is 8.83. The van der Waals surface area contributed by atoms with Crippen molar-refractivity contribution in [2.24, 2.45) is 11.8 Å². The molecule has 102 valence electrons. The van der Waals surface area contributed by atoms with E-state index >= 15 is 0 Å². The van der Waals surface area contributed by atoms with Gasteiger partial charge in [-0.3, -0.25) is 0 Å². The summed E-state index contributed by atoms with van der Waals surface area (Å²) in [6, 6.07) is 0. The van der Waals surface area contributed by atoms with Gasteiger partial charge in [-0.2, -0.15) is 0 Å². The minimum atomic E-state index is 1.08. The molecule has 0 saturated heterocycles. The van der Waals surface area contributed by atoms with Crippen molar-refractivity contribution in [3.8, 4) is 0 Å². The van der Waals surface area contributed by atoms with Crippen LogP contribution in [0.3, 0.4) is 0 Å². The van der Waals surface area contributed by atoms with Crippen molar-refractivity contribution in [2.75, 3.05) is 0 Å². The van der Waals surface area contributed by atoms with Crippen LogP contribution in [-0.4, -0.2) is 0 Å². The molecule has 0 heteroatoms. The van der Waals surface area contributed by atoms with Crippen LogP contribution in [-0.2, 0) is 0 Å². The molecule has 17 heavy (non-hydrogen) atoms. The van der Waals surface area contributed by atoms with E-state index in [0.717, 1.165) is 11.8 Å². The summed E-state index contributed by atoms with van der Waals surface area (Å²) in [6.07, 6.45) is 19.4. The van der Waals surface area contributed by atoms with Gasteiger partial charge < -0.3 is 0 Å². The molecule has 0 heterocycles. The average Bonchev–Trinajstić information content (AvgIpc) is 2.55. The molecule has 0 aromatic heterocycles. The van der Waals surface area contributed by atoms with Crippen molar-refractivity contribution in [2.45, 2.75) is 97.3 Å². The van der Waals surface area contributed by atoms with Gasteiger partial charge in [-0.15, -0.1) is 0 Å². The second-order valence-corrected chi connectivity index (χ2v) is 6.24. The zero-order chi connectivity index (χ0) is 12.3. The molecule has 2 atom stereocenters. The minimum absolute atomic E-state index is 1.08. The molecule has 2 unspecified atom stereocenters. The predicted octanol–water partition coefficient (Wildman–Crippen LogP) is 6.34. The van der Waals surface area contributed by atoms with Crippen molar-refractivity contribution in [3.05, 3.63) is 0 Å². The standard InChI is InChI=1S/C17H34/c1-3-5-7-11-16-13-9-10-14-17(15-16)12-8-6-4-2/h16-17H,3-15H2,1-2H3. The molecule has 0 aliphatic heterocycles. The van der Waals surface area contributed by atoms with E-state index in [1.165, 1.54) is 77.0 Å². The molecule has 0 aromatic carbocycles. The summed E-state index contributed by atoms with van der Waals surface area (Å²) in [5.41, 5.74) is 0. The Morgan fingerprint density at radius 2 is 1.18 bits per heavy atom. The van der Waals surface area contributed by atoms with Crippen molar-refractivity contribution in [3.63, 3.8) is 0 Å². The number of hydrogen-bond donors (Lipinski definition) is 0. The highest BCUT2D eigenvalue weighted by atomic mass is 14.2. The zero-order valence-electron chi connectivity index (χ0n) is 12.3. The molecule has 0 bridgehead atoms. The van der Waals surface area contributed by atoms with Gasteiger partial charge in [0.2, 0.25) is 0 Å².